The van der Waals surface area contributed by atoms with Crippen LogP contribution in [0, 0.1) is 0 Å². The smallest absolute Gasteiger partial charge is 0.410 e. The van der Waals surface area contributed by atoms with Gasteiger partial charge in [0.15, 0.2) is 0 Å². The van der Waals surface area contributed by atoms with Crippen LogP contribution in [0.1, 0.15) is 33.3 Å². The lowest BCUT2D eigenvalue weighted by molar-refractivity contribution is 0.00857. The Morgan fingerprint density at radius 2 is 1.81 bits per heavy atom. The first-order chi connectivity index (χ1) is 11.9. The number of carbonyl (C=O) groups is 1. The van der Waals surface area contributed by atoms with E-state index in [0.29, 0.717) is 15.6 Å². The molecule has 0 saturated carbocycles. The highest BCUT2D eigenvalue weighted by Crippen LogP contribution is 2.28. The standard InChI is InChI=1S/C17H24Cl2N2O4S/c1-12-10-20(8-9-21(12)16(22)25-17(2,3)4)26(23,24)11-13-14(18)6-5-7-15(13)19/h5-7,12H,8-11H2,1-4H3. The molecule has 1 fully saturated rings. The number of hydrogen-bond acceptors (Lipinski definition) is 4. The third-order valence-electron chi connectivity index (χ3n) is 4.00. The molecule has 0 aromatic heterocycles. The van der Waals surface area contributed by atoms with Crippen molar-refractivity contribution in [1.82, 2.24) is 9.21 Å². The Labute approximate surface area is 165 Å². The molecule has 0 radical (unpaired) electrons. The number of ether oxygens (including phenoxy) is 1. The Morgan fingerprint density at radius 3 is 2.31 bits per heavy atom. The van der Waals surface area contributed by atoms with Crippen molar-refractivity contribution < 1.29 is 17.9 Å². The quantitative estimate of drug-likeness (QED) is 0.743. The van der Waals surface area contributed by atoms with Crippen molar-refractivity contribution in [3.63, 3.8) is 0 Å². The second kappa shape index (κ2) is 7.92. The summed E-state index contributed by atoms with van der Waals surface area (Å²) in [5, 5.41) is 0.642. The van der Waals surface area contributed by atoms with E-state index in [-0.39, 0.29) is 31.4 Å². The van der Waals surface area contributed by atoms with Crippen LogP contribution in [0.25, 0.3) is 0 Å². The van der Waals surface area contributed by atoms with E-state index < -0.39 is 21.7 Å². The summed E-state index contributed by atoms with van der Waals surface area (Å²) >= 11 is 12.2. The predicted molar refractivity (Wildman–Crippen MR) is 103 cm³/mol. The molecule has 1 unspecified atom stereocenters. The van der Waals surface area contributed by atoms with Crippen molar-refractivity contribution in [1.29, 1.82) is 0 Å². The summed E-state index contributed by atoms with van der Waals surface area (Å²) in [5.74, 6) is -0.273. The van der Waals surface area contributed by atoms with Crippen molar-refractivity contribution in [3.05, 3.63) is 33.8 Å². The van der Waals surface area contributed by atoms with Crippen molar-refractivity contribution in [2.45, 2.75) is 45.1 Å². The molecular formula is C17H24Cl2N2O4S. The summed E-state index contributed by atoms with van der Waals surface area (Å²) in [6, 6.07) is 4.60. The molecule has 146 valence electrons. The third-order valence-corrected chi connectivity index (χ3v) is 6.48. The van der Waals surface area contributed by atoms with E-state index in [1.807, 2.05) is 0 Å². The number of halogens is 2. The Morgan fingerprint density at radius 1 is 1.23 bits per heavy atom. The largest absolute Gasteiger partial charge is 0.444 e. The fraction of sp³-hybridized carbons (Fsp3) is 0.588. The van der Waals surface area contributed by atoms with Gasteiger partial charge in [-0.1, -0.05) is 29.3 Å². The molecular weight excluding hydrogens is 399 g/mol. The molecule has 2 rings (SSSR count). The molecule has 1 saturated heterocycles. The fourth-order valence-electron chi connectivity index (χ4n) is 2.71. The lowest BCUT2D eigenvalue weighted by Gasteiger charge is -2.39. The predicted octanol–water partition coefficient (Wildman–Crippen LogP) is 3.76. The van der Waals surface area contributed by atoms with Crippen molar-refractivity contribution >= 4 is 39.3 Å². The zero-order chi connectivity index (χ0) is 19.7. The molecule has 0 N–H and O–H groups in total. The second-order valence-electron chi connectivity index (χ2n) is 7.34. The summed E-state index contributed by atoms with van der Waals surface area (Å²) < 4.78 is 32.3. The second-order valence-corrected chi connectivity index (χ2v) is 10.1. The van der Waals surface area contributed by atoms with Crippen LogP contribution in [-0.4, -0.2) is 55.0 Å². The van der Waals surface area contributed by atoms with E-state index in [4.69, 9.17) is 27.9 Å². The zero-order valence-corrected chi connectivity index (χ0v) is 17.7. The van der Waals surface area contributed by atoms with E-state index in [2.05, 4.69) is 0 Å². The number of sulfonamides is 1. The molecule has 0 aliphatic carbocycles. The first-order valence-corrected chi connectivity index (χ1v) is 10.7. The monoisotopic (exact) mass is 422 g/mol. The normalized spacial score (nSPS) is 19.5. The summed E-state index contributed by atoms with van der Waals surface area (Å²) in [4.78, 5) is 13.8. The minimum absolute atomic E-state index is 0.198. The van der Waals surface area contributed by atoms with Crippen molar-refractivity contribution in [3.8, 4) is 0 Å². The Balaban J connectivity index is 2.09. The van der Waals surface area contributed by atoms with E-state index >= 15 is 0 Å². The number of nitrogens with zero attached hydrogens (tertiary/aromatic N) is 2. The van der Waals surface area contributed by atoms with Gasteiger partial charge in [0.25, 0.3) is 0 Å². The maximum absolute atomic E-state index is 12.8. The minimum atomic E-state index is -3.61. The first-order valence-electron chi connectivity index (χ1n) is 8.31. The van der Waals surface area contributed by atoms with E-state index in [9.17, 15) is 13.2 Å². The van der Waals surface area contributed by atoms with Gasteiger partial charge < -0.3 is 9.64 Å². The SMILES string of the molecule is CC1CN(S(=O)(=O)Cc2c(Cl)cccc2Cl)CCN1C(=O)OC(C)(C)C. The Kier molecular flexibility index (Phi) is 6.48. The first kappa shape index (κ1) is 21.3. The number of hydrogen-bond donors (Lipinski definition) is 0. The lowest BCUT2D eigenvalue weighted by Crippen LogP contribution is -2.56. The molecule has 6 nitrogen and oxygen atoms in total. The van der Waals surface area contributed by atoms with E-state index in [1.54, 1.807) is 50.8 Å². The number of piperazine rings is 1. The number of rotatable bonds is 3. The van der Waals surface area contributed by atoms with Crippen LogP contribution in [0.15, 0.2) is 18.2 Å². The molecule has 1 aliphatic heterocycles. The molecule has 1 aromatic rings. The molecule has 0 bridgehead atoms. The van der Waals surface area contributed by atoms with Crippen LogP contribution in [0.5, 0.6) is 0 Å². The topological polar surface area (TPSA) is 66.9 Å². The van der Waals surface area contributed by atoms with Crippen molar-refractivity contribution in [2.24, 2.45) is 0 Å². The van der Waals surface area contributed by atoms with E-state index in [0.717, 1.165) is 0 Å². The van der Waals surface area contributed by atoms with Gasteiger partial charge in [0.1, 0.15) is 5.60 Å². The van der Waals surface area contributed by atoms with Gasteiger partial charge in [-0.05, 0) is 39.8 Å². The van der Waals surface area contributed by atoms with Crippen LogP contribution >= 0.6 is 23.2 Å². The van der Waals surface area contributed by atoms with Gasteiger partial charge in [0, 0.05) is 41.3 Å². The highest BCUT2D eigenvalue weighted by atomic mass is 35.5. The molecule has 26 heavy (non-hydrogen) atoms. The van der Waals surface area contributed by atoms with Crippen LogP contribution in [0.3, 0.4) is 0 Å². The number of amides is 1. The molecule has 1 aliphatic rings. The summed E-state index contributed by atoms with van der Waals surface area (Å²) in [6.07, 6.45) is -0.434. The molecule has 1 atom stereocenters. The van der Waals surface area contributed by atoms with Gasteiger partial charge in [-0.3, -0.25) is 0 Å². The lowest BCUT2D eigenvalue weighted by atomic mass is 10.2. The van der Waals surface area contributed by atoms with Crippen LogP contribution in [-0.2, 0) is 20.5 Å². The number of benzene rings is 1. The van der Waals surface area contributed by atoms with E-state index in [1.165, 1.54) is 4.31 Å². The maximum atomic E-state index is 12.8. The van der Waals surface area contributed by atoms with Crippen LogP contribution in [0.2, 0.25) is 10.0 Å². The molecule has 1 heterocycles. The van der Waals surface area contributed by atoms with Gasteiger partial charge in [0.2, 0.25) is 10.0 Å². The highest BCUT2D eigenvalue weighted by Gasteiger charge is 2.35. The van der Waals surface area contributed by atoms with Gasteiger partial charge in [0.05, 0.1) is 5.75 Å². The molecule has 1 amide bonds. The Hall–Kier alpha value is -1.02. The summed E-state index contributed by atoms with van der Waals surface area (Å²) in [5.41, 5.74) is -0.209. The highest BCUT2D eigenvalue weighted by molar-refractivity contribution is 7.88. The average molecular weight is 423 g/mol. The molecule has 0 spiro atoms. The van der Waals surface area contributed by atoms with Crippen molar-refractivity contribution in [2.75, 3.05) is 19.6 Å². The van der Waals surface area contributed by atoms with Gasteiger partial charge in [-0.2, -0.15) is 4.31 Å². The molecule has 1 aromatic carbocycles. The molecule has 9 heteroatoms. The van der Waals surface area contributed by atoms with Gasteiger partial charge >= 0.3 is 6.09 Å². The summed E-state index contributed by atoms with van der Waals surface area (Å²) in [6.45, 7) is 7.86. The number of carbonyl (C=O) groups excluding carboxylic acids is 1. The van der Waals surface area contributed by atoms with Gasteiger partial charge in [-0.15, -0.1) is 0 Å². The third kappa shape index (κ3) is 5.25. The Bertz CT molecular complexity index is 757. The van der Waals surface area contributed by atoms with Crippen LogP contribution in [0.4, 0.5) is 4.79 Å². The van der Waals surface area contributed by atoms with Gasteiger partial charge in [-0.25, -0.2) is 13.2 Å². The summed E-state index contributed by atoms with van der Waals surface area (Å²) in [7, 11) is -3.61. The maximum Gasteiger partial charge on any atom is 0.410 e. The minimum Gasteiger partial charge on any atom is -0.444 e. The fourth-order valence-corrected chi connectivity index (χ4v) is 5.06. The van der Waals surface area contributed by atoms with Crippen LogP contribution < -0.4 is 0 Å². The average Bonchev–Trinajstić information content (AvgIpc) is 2.49. The zero-order valence-electron chi connectivity index (χ0n) is 15.3.